The normalized spacial score (nSPS) is 20.6. The van der Waals surface area contributed by atoms with E-state index >= 15 is 0 Å². The molecule has 0 radical (unpaired) electrons. The zero-order chi connectivity index (χ0) is 14.5. The predicted molar refractivity (Wildman–Crippen MR) is 84.4 cm³/mol. The van der Waals surface area contributed by atoms with Crippen molar-refractivity contribution in [1.29, 1.82) is 0 Å². The van der Waals surface area contributed by atoms with Gasteiger partial charge in [-0.05, 0) is 43.4 Å². The number of ether oxygens (including phenoxy) is 1. The van der Waals surface area contributed by atoms with Gasteiger partial charge in [-0.3, -0.25) is 4.21 Å². The summed E-state index contributed by atoms with van der Waals surface area (Å²) in [6.45, 7) is 2.00. The summed E-state index contributed by atoms with van der Waals surface area (Å²) in [5.74, 6) is 2.27. The molecule has 1 aromatic rings. The van der Waals surface area contributed by atoms with E-state index in [1.807, 2.05) is 31.2 Å². The van der Waals surface area contributed by atoms with E-state index in [2.05, 4.69) is 0 Å². The lowest BCUT2D eigenvalue weighted by atomic mass is 10.1. The van der Waals surface area contributed by atoms with Crippen molar-refractivity contribution in [2.75, 3.05) is 12.9 Å². The Kier molecular flexibility index (Phi) is 5.61. The summed E-state index contributed by atoms with van der Waals surface area (Å²) >= 11 is 0. The Labute approximate surface area is 124 Å². The Bertz CT molecular complexity index is 440. The highest BCUT2D eigenvalue weighted by molar-refractivity contribution is 7.85. The van der Waals surface area contributed by atoms with E-state index in [-0.39, 0.29) is 11.3 Å². The third kappa shape index (κ3) is 3.83. The topological polar surface area (TPSA) is 52.3 Å². The van der Waals surface area contributed by atoms with Crippen LogP contribution in [0.15, 0.2) is 24.3 Å². The maximum absolute atomic E-state index is 12.4. The quantitative estimate of drug-likeness (QED) is 0.877. The molecule has 0 heterocycles. The molecule has 0 saturated heterocycles. The Morgan fingerprint density at radius 3 is 2.45 bits per heavy atom. The van der Waals surface area contributed by atoms with Crippen molar-refractivity contribution in [3.05, 3.63) is 29.8 Å². The van der Waals surface area contributed by atoms with Crippen LogP contribution < -0.4 is 10.5 Å². The van der Waals surface area contributed by atoms with E-state index in [0.717, 1.165) is 17.1 Å². The first-order chi connectivity index (χ1) is 9.61. The average molecular weight is 295 g/mol. The van der Waals surface area contributed by atoms with Crippen molar-refractivity contribution in [3.63, 3.8) is 0 Å². The third-order valence-corrected chi connectivity index (χ3v) is 6.22. The molecule has 3 atom stereocenters. The van der Waals surface area contributed by atoms with E-state index < -0.39 is 10.8 Å². The Morgan fingerprint density at radius 2 is 1.90 bits per heavy atom. The van der Waals surface area contributed by atoms with Gasteiger partial charge in [-0.15, -0.1) is 0 Å². The fraction of sp³-hybridized carbons (Fsp3) is 0.625. The molecule has 0 bridgehead atoms. The van der Waals surface area contributed by atoms with E-state index in [1.165, 1.54) is 25.7 Å². The number of hydrogen-bond donors (Lipinski definition) is 1. The van der Waals surface area contributed by atoms with Crippen LogP contribution in [0.5, 0.6) is 5.75 Å². The average Bonchev–Trinajstić information content (AvgIpc) is 2.98. The van der Waals surface area contributed by atoms with Crippen LogP contribution in [-0.4, -0.2) is 22.3 Å². The van der Waals surface area contributed by atoms with Crippen LogP contribution in [0.3, 0.4) is 0 Å². The summed E-state index contributed by atoms with van der Waals surface area (Å²) in [6.07, 6.45) is 5.05. The van der Waals surface area contributed by atoms with Crippen LogP contribution in [0.2, 0.25) is 0 Å². The molecule has 1 saturated carbocycles. The summed E-state index contributed by atoms with van der Waals surface area (Å²) in [5.41, 5.74) is 7.30. The molecule has 1 fully saturated rings. The van der Waals surface area contributed by atoms with Crippen molar-refractivity contribution in [2.45, 2.75) is 43.9 Å². The molecule has 0 amide bonds. The molecule has 2 N–H and O–H groups in total. The second-order valence-electron chi connectivity index (χ2n) is 5.70. The van der Waals surface area contributed by atoms with E-state index in [1.54, 1.807) is 7.11 Å². The number of hydrogen-bond acceptors (Lipinski definition) is 3. The fourth-order valence-electron chi connectivity index (χ4n) is 2.82. The summed E-state index contributed by atoms with van der Waals surface area (Å²) in [6, 6.07) is 7.56. The zero-order valence-electron chi connectivity index (χ0n) is 12.4. The molecule has 0 aromatic heterocycles. The van der Waals surface area contributed by atoms with Gasteiger partial charge in [-0.2, -0.15) is 0 Å². The standard InChI is InChI=1S/C16H25NO2S/c1-12(20(18)11-13-5-3-4-6-13)16(17)14-7-9-15(19-2)10-8-14/h7-10,12-13,16H,3-6,11,17H2,1-2H3. The smallest absolute Gasteiger partial charge is 0.118 e. The van der Waals surface area contributed by atoms with Gasteiger partial charge in [0, 0.05) is 22.6 Å². The lowest BCUT2D eigenvalue weighted by Gasteiger charge is -2.21. The molecule has 0 aliphatic heterocycles. The largest absolute Gasteiger partial charge is 0.497 e. The lowest BCUT2D eigenvalue weighted by Crippen LogP contribution is -2.30. The Morgan fingerprint density at radius 1 is 1.30 bits per heavy atom. The van der Waals surface area contributed by atoms with Crippen molar-refractivity contribution in [1.82, 2.24) is 0 Å². The molecule has 2 rings (SSSR count). The molecular formula is C16H25NO2S. The van der Waals surface area contributed by atoms with Crippen LogP contribution in [0.1, 0.15) is 44.2 Å². The fourth-order valence-corrected chi connectivity index (χ4v) is 4.41. The van der Waals surface area contributed by atoms with Gasteiger partial charge >= 0.3 is 0 Å². The first-order valence-corrected chi connectivity index (χ1v) is 8.76. The number of rotatable bonds is 6. The van der Waals surface area contributed by atoms with Crippen LogP contribution >= 0.6 is 0 Å². The Hall–Kier alpha value is -0.870. The first kappa shape index (κ1) is 15.5. The minimum atomic E-state index is -0.849. The van der Waals surface area contributed by atoms with Gasteiger partial charge in [-0.1, -0.05) is 25.0 Å². The van der Waals surface area contributed by atoms with E-state index in [9.17, 15) is 4.21 Å². The zero-order valence-corrected chi connectivity index (χ0v) is 13.2. The second-order valence-corrected chi connectivity index (χ2v) is 7.54. The van der Waals surface area contributed by atoms with Crippen molar-refractivity contribution >= 4 is 10.8 Å². The highest BCUT2D eigenvalue weighted by Gasteiger charge is 2.25. The molecule has 1 aromatic carbocycles. The molecule has 3 unspecified atom stereocenters. The van der Waals surface area contributed by atoms with Crippen LogP contribution in [-0.2, 0) is 10.8 Å². The molecule has 112 valence electrons. The maximum atomic E-state index is 12.4. The highest BCUT2D eigenvalue weighted by atomic mass is 32.2. The molecule has 4 heteroatoms. The summed E-state index contributed by atoms with van der Waals surface area (Å²) < 4.78 is 17.6. The van der Waals surface area contributed by atoms with Gasteiger partial charge in [-0.25, -0.2) is 0 Å². The van der Waals surface area contributed by atoms with Gasteiger partial charge in [0.1, 0.15) is 5.75 Å². The lowest BCUT2D eigenvalue weighted by molar-refractivity contribution is 0.414. The minimum Gasteiger partial charge on any atom is -0.497 e. The van der Waals surface area contributed by atoms with E-state index in [0.29, 0.717) is 5.92 Å². The summed E-state index contributed by atoms with van der Waals surface area (Å²) in [5, 5.41) is -0.0102. The maximum Gasteiger partial charge on any atom is 0.118 e. The SMILES string of the molecule is COc1ccc(C(N)C(C)S(=O)CC2CCCC2)cc1. The predicted octanol–water partition coefficient (Wildman–Crippen LogP) is 3.02. The van der Waals surface area contributed by atoms with Gasteiger partial charge in [0.25, 0.3) is 0 Å². The molecule has 1 aliphatic carbocycles. The molecule has 1 aliphatic rings. The summed E-state index contributed by atoms with van der Waals surface area (Å²) in [4.78, 5) is 0. The van der Waals surface area contributed by atoms with Gasteiger partial charge in [0.05, 0.1) is 12.4 Å². The molecular weight excluding hydrogens is 270 g/mol. The van der Waals surface area contributed by atoms with Crippen LogP contribution in [0, 0.1) is 5.92 Å². The van der Waals surface area contributed by atoms with Crippen molar-refractivity contribution in [3.8, 4) is 5.75 Å². The minimum absolute atomic E-state index is 0.0102. The number of methoxy groups -OCH3 is 1. The van der Waals surface area contributed by atoms with Gasteiger partial charge in [0.15, 0.2) is 0 Å². The summed E-state index contributed by atoms with van der Waals surface area (Å²) in [7, 11) is 0.798. The monoisotopic (exact) mass is 295 g/mol. The second kappa shape index (κ2) is 7.23. The highest BCUT2D eigenvalue weighted by Crippen LogP contribution is 2.28. The van der Waals surface area contributed by atoms with Crippen molar-refractivity contribution < 1.29 is 8.95 Å². The number of nitrogens with two attached hydrogens (primary N) is 1. The Balaban J connectivity index is 1.95. The van der Waals surface area contributed by atoms with E-state index in [4.69, 9.17) is 10.5 Å². The first-order valence-electron chi connectivity index (χ1n) is 7.38. The van der Waals surface area contributed by atoms with Crippen LogP contribution in [0.4, 0.5) is 0 Å². The molecule has 0 spiro atoms. The molecule has 20 heavy (non-hydrogen) atoms. The van der Waals surface area contributed by atoms with Gasteiger partial charge < -0.3 is 10.5 Å². The van der Waals surface area contributed by atoms with Crippen LogP contribution in [0.25, 0.3) is 0 Å². The van der Waals surface area contributed by atoms with Crippen molar-refractivity contribution in [2.24, 2.45) is 11.7 Å². The third-order valence-electron chi connectivity index (χ3n) is 4.30. The molecule has 3 nitrogen and oxygen atoms in total. The number of benzene rings is 1. The van der Waals surface area contributed by atoms with Gasteiger partial charge in [0.2, 0.25) is 0 Å².